The smallest absolute Gasteiger partial charge is 0.191 e. The average Bonchev–Trinajstić information content (AvgIpc) is 2.84. The van der Waals surface area contributed by atoms with Gasteiger partial charge in [0.1, 0.15) is 0 Å². The Balaban J connectivity index is 1.70. The van der Waals surface area contributed by atoms with Gasteiger partial charge in [-0.1, -0.05) is 0 Å². The van der Waals surface area contributed by atoms with Crippen LogP contribution >= 0.6 is 23.1 Å². The summed E-state index contributed by atoms with van der Waals surface area (Å²) in [7, 11) is 1.83. The molecule has 106 valence electrons. The van der Waals surface area contributed by atoms with Crippen molar-refractivity contribution < 1.29 is 0 Å². The maximum Gasteiger partial charge on any atom is 0.191 e. The fraction of sp³-hybridized carbons (Fsp3) is 0.692. The van der Waals surface area contributed by atoms with Gasteiger partial charge in [0.2, 0.25) is 0 Å². The molecule has 1 aliphatic heterocycles. The summed E-state index contributed by atoms with van der Waals surface area (Å²) >= 11 is 3.79. The van der Waals surface area contributed by atoms with Crippen LogP contribution in [-0.4, -0.2) is 42.1 Å². The van der Waals surface area contributed by atoms with Gasteiger partial charge in [0.25, 0.3) is 0 Å². The molecule has 6 heteroatoms. The molecule has 19 heavy (non-hydrogen) atoms. The van der Waals surface area contributed by atoms with Crippen molar-refractivity contribution in [2.24, 2.45) is 4.99 Å². The summed E-state index contributed by atoms with van der Waals surface area (Å²) in [6.07, 6.45) is 5.45. The van der Waals surface area contributed by atoms with E-state index in [0.29, 0.717) is 6.04 Å². The Morgan fingerprint density at radius 1 is 1.58 bits per heavy atom. The number of hydrogen-bond acceptors (Lipinski definition) is 4. The van der Waals surface area contributed by atoms with E-state index < -0.39 is 0 Å². The second kappa shape index (κ2) is 7.75. The van der Waals surface area contributed by atoms with Crippen LogP contribution in [0.15, 0.2) is 11.2 Å². The highest BCUT2D eigenvalue weighted by atomic mass is 32.2. The Hall–Kier alpha value is -0.750. The van der Waals surface area contributed by atoms with E-state index in [4.69, 9.17) is 0 Å². The van der Waals surface area contributed by atoms with Crippen molar-refractivity contribution in [1.82, 2.24) is 15.6 Å². The van der Waals surface area contributed by atoms with Gasteiger partial charge < -0.3 is 10.6 Å². The molecule has 0 amide bonds. The van der Waals surface area contributed by atoms with E-state index in [1.165, 1.54) is 34.2 Å². The van der Waals surface area contributed by atoms with Gasteiger partial charge in [0.05, 0.1) is 5.01 Å². The first-order chi connectivity index (χ1) is 9.28. The third-order valence-electron chi connectivity index (χ3n) is 3.03. The highest BCUT2D eigenvalue weighted by Crippen LogP contribution is 2.16. The molecule has 0 aromatic carbocycles. The fourth-order valence-electron chi connectivity index (χ4n) is 2.05. The number of rotatable bonds is 4. The molecule has 1 atom stereocenters. The largest absolute Gasteiger partial charge is 0.356 e. The first kappa shape index (κ1) is 14.7. The van der Waals surface area contributed by atoms with E-state index in [1.807, 2.05) is 25.0 Å². The zero-order chi connectivity index (χ0) is 13.5. The zero-order valence-corrected chi connectivity index (χ0v) is 13.2. The number of aromatic nitrogens is 1. The monoisotopic (exact) mass is 298 g/mol. The minimum absolute atomic E-state index is 0.562. The van der Waals surface area contributed by atoms with Gasteiger partial charge in [-0.05, 0) is 25.5 Å². The van der Waals surface area contributed by atoms with E-state index in [-0.39, 0.29) is 0 Å². The van der Waals surface area contributed by atoms with Crippen LogP contribution in [0.3, 0.4) is 0 Å². The van der Waals surface area contributed by atoms with Crippen molar-refractivity contribution in [3.63, 3.8) is 0 Å². The Kier molecular flexibility index (Phi) is 5.97. The van der Waals surface area contributed by atoms with Crippen LogP contribution in [0, 0.1) is 6.92 Å². The maximum absolute atomic E-state index is 4.37. The predicted molar refractivity (Wildman–Crippen MR) is 85.4 cm³/mol. The quantitative estimate of drug-likeness (QED) is 0.660. The van der Waals surface area contributed by atoms with Crippen LogP contribution in [0.1, 0.15) is 22.7 Å². The van der Waals surface area contributed by atoms with Crippen LogP contribution < -0.4 is 10.6 Å². The van der Waals surface area contributed by atoms with E-state index in [1.54, 1.807) is 11.3 Å². The highest BCUT2D eigenvalue weighted by molar-refractivity contribution is 7.99. The van der Waals surface area contributed by atoms with Gasteiger partial charge >= 0.3 is 0 Å². The predicted octanol–water partition coefficient (Wildman–Crippen LogP) is 2.05. The molecule has 0 radical (unpaired) electrons. The minimum atomic E-state index is 0.562. The SMILES string of the molecule is CN=C(NCCc1ncc(C)s1)NC1CCCSC1. The number of nitrogens with one attached hydrogen (secondary N) is 2. The van der Waals surface area contributed by atoms with Crippen LogP contribution in [0.5, 0.6) is 0 Å². The average molecular weight is 298 g/mol. The number of thioether (sulfide) groups is 1. The van der Waals surface area contributed by atoms with Crippen molar-refractivity contribution in [3.05, 3.63) is 16.1 Å². The van der Waals surface area contributed by atoms with Gasteiger partial charge in [-0.15, -0.1) is 11.3 Å². The lowest BCUT2D eigenvalue weighted by molar-refractivity contribution is 0.582. The standard InChI is InChI=1S/C13H22N4S2/c1-10-8-16-12(19-10)5-6-15-13(14-2)17-11-4-3-7-18-9-11/h8,11H,3-7,9H2,1-2H3,(H2,14,15,17). The molecule has 0 saturated carbocycles. The number of guanidine groups is 1. The third kappa shape index (κ3) is 5.03. The summed E-state index contributed by atoms with van der Waals surface area (Å²) in [5, 5.41) is 8.06. The van der Waals surface area contributed by atoms with E-state index >= 15 is 0 Å². The second-order valence-corrected chi connectivity index (χ2v) is 7.14. The Labute approximate surface area is 123 Å². The summed E-state index contributed by atoms with van der Waals surface area (Å²) in [5.74, 6) is 3.40. The van der Waals surface area contributed by atoms with Gasteiger partial charge in [-0.2, -0.15) is 11.8 Å². The normalized spacial score (nSPS) is 20.3. The summed E-state index contributed by atoms with van der Waals surface area (Å²) in [5.41, 5.74) is 0. The Morgan fingerprint density at radius 2 is 2.47 bits per heavy atom. The van der Waals surface area contributed by atoms with Gasteiger partial charge in [0.15, 0.2) is 5.96 Å². The van der Waals surface area contributed by atoms with Gasteiger partial charge in [0, 0.05) is 42.9 Å². The molecule has 1 aromatic heterocycles. The number of aryl methyl sites for hydroxylation is 1. The number of nitrogens with zero attached hydrogens (tertiary/aromatic N) is 2. The molecule has 1 fully saturated rings. The summed E-state index contributed by atoms with van der Waals surface area (Å²) < 4.78 is 0. The summed E-state index contributed by atoms with van der Waals surface area (Å²) in [6, 6.07) is 0.562. The molecule has 2 rings (SSSR count). The van der Waals surface area contributed by atoms with Crippen molar-refractivity contribution in [1.29, 1.82) is 0 Å². The molecule has 4 nitrogen and oxygen atoms in total. The second-order valence-electron chi connectivity index (χ2n) is 4.67. The molecule has 1 aliphatic rings. The molecule has 0 aliphatic carbocycles. The van der Waals surface area contributed by atoms with Crippen molar-refractivity contribution in [2.45, 2.75) is 32.2 Å². The highest BCUT2D eigenvalue weighted by Gasteiger charge is 2.14. The van der Waals surface area contributed by atoms with E-state index in [9.17, 15) is 0 Å². The fourth-order valence-corrected chi connectivity index (χ4v) is 3.91. The topological polar surface area (TPSA) is 49.3 Å². The molecular weight excluding hydrogens is 276 g/mol. The van der Waals surface area contributed by atoms with Crippen LogP contribution in [0.4, 0.5) is 0 Å². The zero-order valence-electron chi connectivity index (χ0n) is 11.6. The first-order valence-electron chi connectivity index (χ1n) is 6.74. The molecule has 1 saturated heterocycles. The van der Waals surface area contributed by atoms with Crippen molar-refractivity contribution >= 4 is 29.1 Å². The molecule has 0 bridgehead atoms. The van der Waals surface area contributed by atoms with E-state index in [0.717, 1.165) is 18.9 Å². The van der Waals surface area contributed by atoms with Gasteiger partial charge in [-0.25, -0.2) is 4.98 Å². The molecule has 1 aromatic rings. The van der Waals surface area contributed by atoms with E-state index in [2.05, 4.69) is 27.5 Å². The lowest BCUT2D eigenvalue weighted by atomic mass is 10.2. The summed E-state index contributed by atoms with van der Waals surface area (Å²) in [4.78, 5) is 9.93. The lowest BCUT2D eigenvalue weighted by Gasteiger charge is -2.24. The molecule has 2 N–H and O–H groups in total. The van der Waals surface area contributed by atoms with Crippen molar-refractivity contribution in [3.8, 4) is 0 Å². The first-order valence-corrected chi connectivity index (χ1v) is 8.71. The van der Waals surface area contributed by atoms with Gasteiger partial charge in [-0.3, -0.25) is 4.99 Å². The van der Waals surface area contributed by atoms with Crippen LogP contribution in [0.25, 0.3) is 0 Å². The van der Waals surface area contributed by atoms with Crippen LogP contribution in [-0.2, 0) is 6.42 Å². The van der Waals surface area contributed by atoms with Crippen molar-refractivity contribution in [2.75, 3.05) is 25.1 Å². The molecular formula is C13H22N4S2. The van der Waals surface area contributed by atoms with Crippen LogP contribution in [0.2, 0.25) is 0 Å². The Bertz CT molecular complexity index is 411. The molecule has 1 unspecified atom stereocenters. The molecule has 0 spiro atoms. The lowest BCUT2D eigenvalue weighted by Crippen LogP contribution is -2.46. The summed E-state index contributed by atoms with van der Waals surface area (Å²) in [6.45, 7) is 2.97. The maximum atomic E-state index is 4.37. The minimum Gasteiger partial charge on any atom is -0.356 e. The Morgan fingerprint density at radius 3 is 3.11 bits per heavy atom. The third-order valence-corrected chi connectivity index (χ3v) is 5.21. The number of thiazole rings is 1. The number of aliphatic imine (C=N–C) groups is 1. The number of hydrogen-bond donors (Lipinski definition) is 2. The molecule has 2 heterocycles.